The third kappa shape index (κ3) is 4.01. The first-order valence-corrected chi connectivity index (χ1v) is 8.40. The second kappa shape index (κ2) is 7.59. The van der Waals surface area contributed by atoms with E-state index >= 15 is 0 Å². The second-order valence-electron chi connectivity index (χ2n) is 5.65. The van der Waals surface area contributed by atoms with Gasteiger partial charge in [0, 0.05) is 43.0 Å². The molecule has 0 spiro atoms. The Morgan fingerprint density at radius 2 is 1.88 bits per heavy atom. The van der Waals surface area contributed by atoms with Gasteiger partial charge in [0.05, 0.1) is 0 Å². The molecule has 0 radical (unpaired) electrons. The summed E-state index contributed by atoms with van der Waals surface area (Å²) in [6.07, 6.45) is 1.41. The van der Waals surface area contributed by atoms with Gasteiger partial charge in [-0.1, -0.05) is 18.5 Å². The smallest absolute Gasteiger partial charge is 0.272 e. The summed E-state index contributed by atoms with van der Waals surface area (Å²) in [4.78, 5) is 25.1. The van der Waals surface area contributed by atoms with Crippen molar-refractivity contribution in [1.29, 1.82) is 0 Å². The Morgan fingerprint density at radius 3 is 2.54 bits per heavy atom. The Balaban J connectivity index is 1.68. The molecule has 1 aliphatic rings. The van der Waals surface area contributed by atoms with Crippen LogP contribution in [0.15, 0.2) is 36.7 Å². The Kier molecular flexibility index (Phi) is 5.27. The minimum Gasteiger partial charge on any atom is -0.340 e. The van der Waals surface area contributed by atoms with Crippen molar-refractivity contribution in [3.63, 3.8) is 0 Å². The van der Waals surface area contributed by atoms with Crippen LogP contribution in [0.1, 0.15) is 17.4 Å². The van der Waals surface area contributed by atoms with E-state index in [1.807, 2.05) is 17.0 Å². The average Bonchev–Trinajstić information content (AvgIpc) is 2.63. The van der Waals surface area contributed by atoms with Gasteiger partial charge in [0.25, 0.3) is 5.91 Å². The molecular formula is C17H20ClN5O. The molecule has 0 atom stereocenters. The summed E-state index contributed by atoms with van der Waals surface area (Å²) in [6.45, 7) is 6.43. The third-order valence-electron chi connectivity index (χ3n) is 4.11. The summed E-state index contributed by atoms with van der Waals surface area (Å²) < 4.78 is 0. The predicted molar refractivity (Wildman–Crippen MR) is 94.8 cm³/mol. The van der Waals surface area contributed by atoms with Crippen molar-refractivity contribution in [3.05, 3.63) is 47.4 Å². The molecule has 1 aliphatic heterocycles. The van der Waals surface area contributed by atoms with Crippen molar-refractivity contribution in [2.75, 3.05) is 38.0 Å². The summed E-state index contributed by atoms with van der Waals surface area (Å²) >= 11 is 5.88. The fourth-order valence-electron chi connectivity index (χ4n) is 2.65. The van der Waals surface area contributed by atoms with Gasteiger partial charge < -0.3 is 15.1 Å². The molecule has 2 aromatic rings. The molecule has 1 saturated heterocycles. The van der Waals surface area contributed by atoms with Gasteiger partial charge in [0.2, 0.25) is 0 Å². The summed E-state index contributed by atoms with van der Waals surface area (Å²) in [5.74, 6) is 0.537. The number of carbonyl (C=O) groups is 1. The molecular weight excluding hydrogens is 326 g/mol. The second-order valence-corrected chi connectivity index (χ2v) is 6.08. The van der Waals surface area contributed by atoms with Crippen LogP contribution in [0.25, 0.3) is 0 Å². The van der Waals surface area contributed by atoms with Gasteiger partial charge in [0.1, 0.15) is 17.8 Å². The summed E-state index contributed by atoms with van der Waals surface area (Å²) in [7, 11) is 0. The number of amides is 1. The van der Waals surface area contributed by atoms with Gasteiger partial charge in [0.15, 0.2) is 0 Å². The number of piperazine rings is 1. The van der Waals surface area contributed by atoms with Crippen LogP contribution in [0.2, 0.25) is 5.02 Å². The molecule has 6 nitrogen and oxygen atoms in total. The van der Waals surface area contributed by atoms with Crippen molar-refractivity contribution in [3.8, 4) is 0 Å². The number of carbonyl (C=O) groups excluding carboxylic acids is 1. The number of nitrogens with zero attached hydrogens (tertiary/aromatic N) is 4. The van der Waals surface area contributed by atoms with Crippen molar-refractivity contribution in [2.45, 2.75) is 6.92 Å². The number of anilines is 2. The molecule has 126 valence electrons. The largest absolute Gasteiger partial charge is 0.340 e. The molecule has 7 heteroatoms. The summed E-state index contributed by atoms with van der Waals surface area (Å²) in [5, 5.41) is 3.83. The highest BCUT2D eigenvalue weighted by atomic mass is 35.5. The number of benzene rings is 1. The van der Waals surface area contributed by atoms with Crippen LogP contribution in [0.3, 0.4) is 0 Å². The van der Waals surface area contributed by atoms with Crippen LogP contribution in [0.4, 0.5) is 11.5 Å². The first-order chi connectivity index (χ1) is 11.7. The van der Waals surface area contributed by atoms with E-state index in [9.17, 15) is 4.79 Å². The normalized spacial score (nSPS) is 15.3. The van der Waals surface area contributed by atoms with Crippen molar-refractivity contribution in [2.24, 2.45) is 0 Å². The summed E-state index contributed by atoms with van der Waals surface area (Å²) in [6, 6.07) is 8.99. The van der Waals surface area contributed by atoms with Crippen LogP contribution in [0, 0.1) is 0 Å². The van der Waals surface area contributed by atoms with Gasteiger partial charge >= 0.3 is 0 Å². The zero-order valence-electron chi connectivity index (χ0n) is 13.6. The van der Waals surface area contributed by atoms with Gasteiger partial charge in [-0.15, -0.1) is 0 Å². The van der Waals surface area contributed by atoms with Crippen molar-refractivity contribution < 1.29 is 4.79 Å². The van der Waals surface area contributed by atoms with Gasteiger partial charge in [-0.25, -0.2) is 9.97 Å². The molecule has 3 rings (SSSR count). The quantitative estimate of drug-likeness (QED) is 0.923. The van der Waals surface area contributed by atoms with Crippen LogP contribution >= 0.6 is 11.6 Å². The van der Waals surface area contributed by atoms with Crippen molar-refractivity contribution in [1.82, 2.24) is 19.8 Å². The lowest BCUT2D eigenvalue weighted by Crippen LogP contribution is -2.48. The maximum atomic E-state index is 12.6. The number of hydrogen-bond donors (Lipinski definition) is 1. The minimum absolute atomic E-state index is 0.0488. The van der Waals surface area contributed by atoms with E-state index in [-0.39, 0.29) is 5.91 Å². The number of nitrogens with one attached hydrogen (secondary N) is 1. The Labute approximate surface area is 146 Å². The fourth-order valence-corrected chi connectivity index (χ4v) is 2.78. The third-order valence-corrected chi connectivity index (χ3v) is 4.36. The lowest BCUT2D eigenvalue weighted by Gasteiger charge is -2.33. The molecule has 1 fully saturated rings. The minimum atomic E-state index is -0.0488. The highest BCUT2D eigenvalue weighted by Gasteiger charge is 2.22. The Hall–Kier alpha value is -2.18. The lowest BCUT2D eigenvalue weighted by atomic mass is 10.2. The number of aromatic nitrogens is 2. The topological polar surface area (TPSA) is 61.4 Å². The molecule has 0 aliphatic carbocycles. The molecule has 2 heterocycles. The highest BCUT2D eigenvalue weighted by Crippen LogP contribution is 2.18. The monoisotopic (exact) mass is 345 g/mol. The summed E-state index contributed by atoms with van der Waals surface area (Å²) in [5.41, 5.74) is 1.26. The van der Waals surface area contributed by atoms with E-state index in [4.69, 9.17) is 11.6 Å². The molecule has 1 N–H and O–H groups in total. The van der Waals surface area contributed by atoms with Crippen LogP contribution in [-0.4, -0.2) is 58.4 Å². The highest BCUT2D eigenvalue weighted by molar-refractivity contribution is 6.30. The average molecular weight is 346 g/mol. The molecule has 1 aromatic carbocycles. The SMILES string of the molecule is CCN1CCN(C(=O)c2cc(Nc3ccc(Cl)cc3)ncn2)CC1. The van der Waals surface area contributed by atoms with E-state index in [0.29, 0.717) is 16.5 Å². The molecule has 1 aromatic heterocycles. The Morgan fingerprint density at radius 1 is 1.17 bits per heavy atom. The fraction of sp³-hybridized carbons (Fsp3) is 0.353. The number of halogens is 1. The van der Waals surface area contributed by atoms with E-state index in [0.717, 1.165) is 38.4 Å². The zero-order chi connectivity index (χ0) is 16.9. The van der Waals surface area contributed by atoms with Crippen molar-refractivity contribution >= 4 is 29.0 Å². The van der Waals surface area contributed by atoms with Gasteiger partial charge in [-0.05, 0) is 30.8 Å². The molecule has 0 unspecified atom stereocenters. The van der Waals surface area contributed by atoms with Gasteiger partial charge in [-0.2, -0.15) is 0 Å². The van der Waals surface area contributed by atoms with E-state index in [1.54, 1.807) is 18.2 Å². The molecule has 24 heavy (non-hydrogen) atoms. The molecule has 0 saturated carbocycles. The van der Waals surface area contributed by atoms with E-state index < -0.39 is 0 Å². The number of hydrogen-bond acceptors (Lipinski definition) is 5. The molecule has 1 amide bonds. The van der Waals surface area contributed by atoms with E-state index in [1.165, 1.54) is 6.33 Å². The zero-order valence-corrected chi connectivity index (χ0v) is 14.3. The standard InChI is InChI=1S/C17H20ClN5O/c1-2-22-7-9-23(10-8-22)17(24)15-11-16(20-12-19-15)21-14-5-3-13(18)4-6-14/h3-6,11-12H,2,7-10H2,1H3,(H,19,20,21). The maximum absolute atomic E-state index is 12.6. The Bertz CT molecular complexity index is 698. The number of rotatable bonds is 4. The van der Waals surface area contributed by atoms with Crippen LogP contribution in [-0.2, 0) is 0 Å². The predicted octanol–water partition coefficient (Wildman–Crippen LogP) is 2.65. The number of likely N-dealkylation sites (N-methyl/N-ethyl adjacent to an activating group) is 1. The molecule has 0 bridgehead atoms. The lowest BCUT2D eigenvalue weighted by molar-refractivity contribution is 0.0637. The van der Waals surface area contributed by atoms with Crippen LogP contribution < -0.4 is 5.32 Å². The maximum Gasteiger partial charge on any atom is 0.272 e. The first kappa shape index (κ1) is 16.7. The van der Waals surface area contributed by atoms with Crippen LogP contribution in [0.5, 0.6) is 0 Å². The first-order valence-electron chi connectivity index (χ1n) is 8.02. The van der Waals surface area contributed by atoms with E-state index in [2.05, 4.69) is 27.1 Å². The van der Waals surface area contributed by atoms with Gasteiger partial charge in [-0.3, -0.25) is 4.79 Å².